The predicted molar refractivity (Wildman–Crippen MR) is 101 cm³/mol. The molecule has 2 N–H and O–H groups in total. The molecule has 0 radical (unpaired) electrons. The van der Waals surface area contributed by atoms with Gasteiger partial charge in [0.15, 0.2) is 5.96 Å². The van der Waals surface area contributed by atoms with Crippen molar-refractivity contribution < 1.29 is 0 Å². The molecule has 1 heterocycles. The Morgan fingerprint density at radius 3 is 2.60 bits per heavy atom. The second-order valence-corrected chi connectivity index (χ2v) is 6.93. The van der Waals surface area contributed by atoms with E-state index in [1.165, 1.54) is 24.8 Å². The molecule has 0 atom stereocenters. The van der Waals surface area contributed by atoms with E-state index in [1.807, 2.05) is 19.2 Å². The summed E-state index contributed by atoms with van der Waals surface area (Å²) in [6.07, 6.45) is 5.18. The highest BCUT2D eigenvalue weighted by molar-refractivity contribution is 6.30. The first kappa shape index (κ1) is 17.7. The summed E-state index contributed by atoms with van der Waals surface area (Å²) in [5, 5.41) is 11.7. The van der Waals surface area contributed by atoms with E-state index >= 15 is 0 Å². The average molecular weight is 361 g/mol. The molecule has 1 fully saturated rings. The zero-order chi connectivity index (χ0) is 17.7. The molecule has 1 aliphatic rings. The summed E-state index contributed by atoms with van der Waals surface area (Å²) in [5.41, 5.74) is 1.52. The normalized spacial score (nSPS) is 16.4. The quantitative estimate of drug-likeness (QED) is 0.614. The lowest BCUT2D eigenvalue weighted by Gasteiger charge is -2.43. The minimum absolute atomic E-state index is 0.172. The summed E-state index contributed by atoms with van der Waals surface area (Å²) in [6.45, 7) is 4.25. The molecule has 1 aromatic carbocycles. The van der Waals surface area contributed by atoms with Gasteiger partial charge in [0.1, 0.15) is 18.7 Å². The molecule has 2 aromatic rings. The fourth-order valence-corrected chi connectivity index (χ4v) is 3.31. The number of hydrogen-bond donors (Lipinski definition) is 2. The number of aryl methyl sites for hydroxylation is 1. The lowest BCUT2D eigenvalue weighted by atomic mass is 9.64. The number of rotatable bonds is 6. The van der Waals surface area contributed by atoms with E-state index in [0.29, 0.717) is 6.54 Å². The van der Waals surface area contributed by atoms with Gasteiger partial charge >= 0.3 is 0 Å². The number of benzene rings is 1. The maximum atomic E-state index is 6.04. The van der Waals surface area contributed by atoms with Crippen molar-refractivity contribution in [3.63, 3.8) is 0 Å². The third-order valence-electron chi connectivity index (χ3n) is 4.89. The highest BCUT2D eigenvalue weighted by atomic mass is 35.5. The van der Waals surface area contributed by atoms with Crippen molar-refractivity contribution >= 4 is 17.6 Å². The molecule has 1 aliphatic carbocycles. The molecular weight excluding hydrogens is 336 g/mol. The predicted octanol–water partition coefficient (Wildman–Crippen LogP) is 2.65. The van der Waals surface area contributed by atoms with Crippen LogP contribution in [0.25, 0.3) is 0 Å². The molecule has 6 nitrogen and oxygen atoms in total. The summed E-state index contributed by atoms with van der Waals surface area (Å²) in [6, 6.07) is 8.24. The molecule has 0 amide bonds. The first-order valence-corrected chi connectivity index (χ1v) is 9.12. The molecule has 0 saturated heterocycles. The van der Waals surface area contributed by atoms with Crippen LogP contribution in [-0.4, -0.2) is 33.8 Å². The van der Waals surface area contributed by atoms with Crippen LogP contribution in [0.2, 0.25) is 5.02 Å². The summed E-state index contributed by atoms with van der Waals surface area (Å²) >= 11 is 6.04. The average Bonchev–Trinajstić information content (AvgIpc) is 2.98. The number of halogens is 1. The number of nitrogens with one attached hydrogen (secondary N) is 2. The minimum atomic E-state index is 0.172. The zero-order valence-corrected chi connectivity index (χ0v) is 15.6. The highest BCUT2D eigenvalue weighted by Crippen LogP contribution is 2.43. The van der Waals surface area contributed by atoms with Crippen LogP contribution in [0.5, 0.6) is 0 Å². The van der Waals surface area contributed by atoms with Gasteiger partial charge < -0.3 is 10.6 Å². The number of guanidine groups is 1. The number of hydrogen-bond acceptors (Lipinski definition) is 3. The summed E-state index contributed by atoms with van der Waals surface area (Å²) in [5.74, 6) is 1.65. The summed E-state index contributed by atoms with van der Waals surface area (Å²) < 4.78 is 1.74. The minimum Gasteiger partial charge on any atom is -0.357 e. The smallest absolute Gasteiger partial charge is 0.191 e. The largest absolute Gasteiger partial charge is 0.357 e. The lowest BCUT2D eigenvalue weighted by molar-refractivity contribution is 0.244. The number of nitrogens with zero attached hydrogens (tertiary/aromatic N) is 4. The van der Waals surface area contributed by atoms with Crippen LogP contribution < -0.4 is 10.6 Å². The van der Waals surface area contributed by atoms with Crippen molar-refractivity contribution in [2.75, 3.05) is 13.1 Å². The first-order valence-electron chi connectivity index (χ1n) is 8.74. The molecule has 1 saturated carbocycles. The lowest BCUT2D eigenvalue weighted by Crippen LogP contribution is -2.48. The third-order valence-corrected chi connectivity index (χ3v) is 5.14. The first-order chi connectivity index (χ1) is 12.1. The van der Waals surface area contributed by atoms with E-state index in [-0.39, 0.29) is 5.41 Å². The number of aromatic nitrogens is 3. The van der Waals surface area contributed by atoms with E-state index < -0.39 is 0 Å². The van der Waals surface area contributed by atoms with Gasteiger partial charge in [-0.25, -0.2) is 9.98 Å². The Labute approximate surface area is 153 Å². The van der Waals surface area contributed by atoms with Crippen LogP contribution in [0.3, 0.4) is 0 Å². The zero-order valence-electron chi connectivity index (χ0n) is 14.8. The Bertz CT molecular complexity index is 717. The monoisotopic (exact) mass is 360 g/mol. The van der Waals surface area contributed by atoms with Crippen LogP contribution in [0.4, 0.5) is 0 Å². The van der Waals surface area contributed by atoms with Crippen LogP contribution in [0.15, 0.2) is 35.6 Å². The maximum Gasteiger partial charge on any atom is 0.191 e. The second kappa shape index (κ2) is 7.87. The fraction of sp³-hybridized carbons (Fsp3) is 0.500. The van der Waals surface area contributed by atoms with E-state index in [4.69, 9.17) is 11.6 Å². The van der Waals surface area contributed by atoms with Gasteiger partial charge in [0.2, 0.25) is 0 Å². The van der Waals surface area contributed by atoms with Gasteiger partial charge in [0, 0.05) is 30.6 Å². The summed E-state index contributed by atoms with van der Waals surface area (Å²) in [7, 11) is 1.88. The molecule has 0 bridgehead atoms. The Morgan fingerprint density at radius 1 is 1.28 bits per heavy atom. The van der Waals surface area contributed by atoms with Crippen LogP contribution in [0.1, 0.15) is 37.6 Å². The molecule has 0 unspecified atom stereocenters. The Hall–Kier alpha value is -2.08. The molecule has 0 aliphatic heterocycles. The van der Waals surface area contributed by atoms with Crippen molar-refractivity contribution in [3.8, 4) is 0 Å². The van der Waals surface area contributed by atoms with Crippen LogP contribution in [-0.2, 0) is 19.0 Å². The van der Waals surface area contributed by atoms with E-state index in [9.17, 15) is 0 Å². The van der Waals surface area contributed by atoms with Crippen molar-refractivity contribution in [1.29, 1.82) is 0 Å². The van der Waals surface area contributed by atoms with Gasteiger partial charge in [-0.05, 0) is 37.5 Å². The number of aliphatic imine (C=N–C) groups is 1. The van der Waals surface area contributed by atoms with Crippen molar-refractivity contribution in [1.82, 2.24) is 25.4 Å². The molecule has 0 spiro atoms. The van der Waals surface area contributed by atoms with E-state index in [1.54, 1.807) is 11.0 Å². The Morgan fingerprint density at radius 2 is 2.04 bits per heavy atom. The van der Waals surface area contributed by atoms with Gasteiger partial charge in [0.05, 0.1) is 0 Å². The van der Waals surface area contributed by atoms with Crippen molar-refractivity contribution in [3.05, 3.63) is 47.0 Å². The standard InChI is InChI=1S/C18H25ClN6/c1-3-20-17(21-11-16-23-13-24-25(16)2)22-12-18(9-4-10-18)14-5-7-15(19)8-6-14/h5-8,13H,3-4,9-12H2,1-2H3,(H2,20,21,22). The molecule has 7 heteroatoms. The van der Waals surface area contributed by atoms with Gasteiger partial charge in [-0.2, -0.15) is 5.10 Å². The molecular formula is C18H25ClN6. The van der Waals surface area contributed by atoms with Crippen molar-refractivity contribution in [2.45, 2.75) is 38.1 Å². The third kappa shape index (κ3) is 4.12. The van der Waals surface area contributed by atoms with Gasteiger partial charge in [0.25, 0.3) is 0 Å². The highest BCUT2D eigenvalue weighted by Gasteiger charge is 2.38. The molecule has 134 valence electrons. The topological polar surface area (TPSA) is 67.1 Å². The van der Waals surface area contributed by atoms with E-state index in [2.05, 4.69) is 44.8 Å². The van der Waals surface area contributed by atoms with Gasteiger partial charge in [-0.15, -0.1) is 0 Å². The summed E-state index contributed by atoms with van der Waals surface area (Å²) in [4.78, 5) is 8.85. The van der Waals surface area contributed by atoms with Gasteiger partial charge in [-0.1, -0.05) is 30.2 Å². The van der Waals surface area contributed by atoms with Crippen LogP contribution in [0, 0.1) is 0 Å². The Kier molecular flexibility index (Phi) is 5.58. The SMILES string of the molecule is CCNC(=NCc1ncnn1C)NCC1(c2ccc(Cl)cc2)CCC1. The van der Waals surface area contributed by atoms with Crippen LogP contribution >= 0.6 is 11.6 Å². The fourth-order valence-electron chi connectivity index (χ4n) is 3.18. The maximum absolute atomic E-state index is 6.04. The van der Waals surface area contributed by atoms with Crippen molar-refractivity contribution in [2.24, 2.45) is 12.0 Å². The second-order valence-electron chi connectivity index (χ2n) is 6.49. The van der Waals surface area contributed by atoms with E-state index in [0.717, 1.165) is 29.9 Å². The molecule has 25 heavy (non-hydrogen) atoms. The Balaban J connectivity index is 1.67. The molecule has 3 rings (SSSR count). The molecule has 1 aromatic heterocycles. The van der Waals surface area contributed by atoms with Gasteiger partial charge in [-0.3, -0.25) is 4.68 Å².